The van der Waals surface area contributed by atoms with Crippen molar-refractivity contribution in [3.8, 4) is 0 Å². The Morgan fingerprint density at radius 2 is 2.00 bits per heavy atom. The van der Waals surface area contributed by atoms with E-state index in [9.17, 15) is 17.8 Å². The van der Waals surface area contributed by atoms with Crippen molar-refractivity contribution in [1.29, 1.82) is 0 Å². The first-order valence-electron chi connectivity index (χ1n) is 4.09. The first kappa shape index (κ1) is 18.3. The average molecular weight is 306 g/mol. The molecule has 0 bridgehead atoms. The van der Waals surface area contributed by atoms with Gasteiger partial charge in [0.25, 0.3) is 0 Å². The smallest absolute Gasteiger partial charge is 0.748 e. The maximum Gasteiger partial charge on any atom is 1.00 e. The predicted octanol–water partition coefficient (Wildman–Crippen LogP) is -3.14. The predicted molar refractivity (Wildman–Crippen MR) is 51.6 cm³/mol. The number of rotatable bonds is 5. The van der Waals surface area contributed by atoms with Crippen LogP contribution in [0, 0.1) is 5.92 Å². The minimum Gasteiger partial charge on any atom is -0.748 e. The molecule has 1 amide bonds. The third-order valence-electron chi connectivity index (χ3n) is 1.49. The van der Waals surface area contributed by atoms with Crippen LogP contribution in [0.2, 0.25) is 0 Å². The second-order valence-corrected chi connectivity index (χ2v) is 4.77. The topological polar surface area (TPSA) is 86.3 Å². The van der Waals surface area contributed by atoms with Crippen LogP contribution >= 0.6 is 0 Å². The fraction of sp³-hybridized carbons (Fsp3) is 0.625. The maximum absolute atomic E-state index is 11.0. The average Bonchev–Trinajstić information content (AvgIpc) is 1.96. The van der Waals surface area contributed by atoms with Crippen LogP contribution < -0.4 is 63.5 Å². The van der Waals surface area contributed by atoms with Crippen LogP contribution in [0.15, 0.2) is 12.2 Å². The molecule has 82 valence electrons. The van der Waals surface area contributed by atoms with Crippen LogP contribution in [0.1, 0.15) is 13.8 Å². The second-order valence-electron chi connectivity index (χ2n) is 3.32. The molecule has 0 fully saturated rings. The standard InChI is InChI=1S/C8H15NO4S.Rb/c1-6(2)8(10)9-4-7(3)5-14(11,12)13;/h7H,1,4-5H2,2-3H3,(H,9,10)(H,11,12,13);/q;+1/p-1. The van der Waals surface area contributed by atoms with Crippen molar-refractivity contribution in [2.24, 2.45) is 5.92 Å². The largest absolute Gasteiger partial charge is 1.00 e. The molecule has 0 aliphatic heterocycles. The maximum atomic E-state index is 11.0. The monoisotopic (exact) mass is 305 g/mol. The van der Waals surface area contributed by atoms with Gasteiger partial charge >= 0.3 is 58.2 Å². The molecule has 0 aromatic heterocycles. The molecule has 0 saturated heterocycles. The van der Waals surface area contributed by atoms with Crippen molar-refractivity contribution in [2.45, 2.75) is 13.8 Å². The van der Waals surface area contributed by atoms with E-state index in [1.807, 2.05) is 0 Å². The fourth-order valence-electron chi connectivity index (χ4n) is 0.825. The third-order valence-corrected chi connectivity index (χ3v) is 2.46. The normalized spacial score (nSPS) is 12.5. The SMILES string of the molecule is C=C(C)C(=O)NCC(C)CS(=O)(=O)[O-].[Rb+]. The van der Waals surface area contributed by atoms with Gasteiger partial charge in [-0.15, -0.1) is 0 Å². The number of amides is 1. The van der Waals surface area contributed by atoms with Gasteiger partial charge in [0.05, 0.1) is 10.1 Å². The zero-order chi connectivity index (χ0) is 11.4. The Hall–Kier alpha value is 0.925. The molecule has 0 saturated carbocycles. The summed E-state index contributed by atoms with van der Waals surface area (Å²) in [4.78, 5) is 11.0. The van der Waals surface area contributed by atoms with Crippen molar-refractivity contribution in [1.82, 2.24) is 5.32 Å². The van der Waals surface area contributed by atoms with Crippen LogP contribution in [0.4, 0.5) is 0 Å². The zero-order valence-corrected chi connectivity index (χ0v) is 15.0. The Balaban J connectivity index is 0. The molecule has 1 N–H and O–H groups in total. The molecule has 0 spiro atoms. The van der Waals surface area contributed by atoms with Gasteiger partial charge in [0.1, 0.15) is 0 Å². The summed E-state index contributed by atoms with van der Waals surface area (Å²) in [7, 11) is -4.22. The zero-order valence-electron chi connectivity index (χ0n) is 9.24. The molecular formula is C8H14NO4RbS. The summed E-state index contributed by atoms with van der Waals surface area (Å²) < 4.78 is 31.0. The first-order chi connectivity index (χ1) is 6.22. The summed E-state index contributed by atoms with van der Waals surface area (Å²) in [6, 6.07) is 0. The summed E-state index contributed by atoms with van der Waals surface area (Å²) in [5.74, 6) is -1.19. The molecule has 0 aliphatic rings. The van der Waals surface area contributed by atoms with Gasteiger partial charge in [-0.1, -0.05) is 13.5 Å². The number of hydrogen-bond donors (Lipinski definition) is 1. The van der Waals surface area contributed by atoms with E-state index >= 15 is 0 Å². The number of nitrogens with one attached hydrogen (secondary N) is 1. The van der Waals surface area contributed by atoms with Crippen LogP contribution in [-0.2, 0) is 14.9 Å². The van der Waals surface area contributed by atoms with E-state index in [4.69, 9.17) is 0 Å². The minimum atomic E-state index is -4.22. The molecule has 0 heterocycles. The molecule has 0 rings (SSSR count). The molecule has 7 heteroatoms. The summed E-state index contributed by atoms with van der Waals surface area (Å²) in [5.41, 5.74) is 0.349. The Kier molecular flexibility index (Phi) is 9.86. The van der Waals surface area contributed by atoms with Crippen LogP contribution in [-0.4, -0.2) is 31.2 Å². The molecule has 0 aromatic rings. The van der Waals surface area contributed by atoms with Crippen molar-refractivity contribution in [3.05, 3.63) is 12.2 Å². The summed E-state index contributed by atoms with van der Waals surface area (Å²) in [5, 5.41) is 2.46. The minimum absolute atomic E-state index is 0. The Morgan fingerprint density at radius 1 is 1.53 bits per heavy atom. The van der Waals surface area contributed by atoms with E-state index < -0.39 is 15.9 Å². The van der Waals surface area contributed by atoms with E-state index in [0.717, 1.165) is 0 Å². The van der Waals surface area contributed by atoms with Crippen molar-refractivity contribution >= 4 is 16.0 Å². The van der Waals surface area contributed by atoms with E-state index in [1.54, 1.807) is 13.8 Å². The molecule has 1 unspecified atom stereocenters. The first-order valence-corrected chi connectivity index (χ1v) is 5.67. The van der Waals surface area contributed by atoms with Gasteiger partial charge in [-0.05, 0) is 12.8 Å². The third kappa shape index (κ3) is 11.2. The van der Waals surface area contributed by atoms with E-state index in [0.29, 0.717) is 5.57 Å². The quantitative estimate of drug-likeness (QED) is 0.430. The Labute approximate surface area is 139 Å². The van der Waals surface area contributed by atoms with Crippen LogP contribution in [0.5, 0.6) is 0 Å². The van der Waals surface area contributed by atoms with Crippen LogP contribution in [0.3, 0.4) is 0 Å². The van der Waals surface area contributed by atoms with Gasteiger partial charge in [-0.2, -0.15) is 0 Å². The molecule has 15 heavy (non-hydrogen) atoms. The second kappa shape index (κ2) is 8.08. The van der Waals surface area contributed by atoms with Gasteiger partial charge in [-0.25, -0.2) is 8.42 Å². The van der Waals surface area contributed by atoms with Gasteiger partial charge in [-0.3, -0.25) is 4.79 Å². The molecule has 0 radical (unpaired) electrons. The van der Waals surface area contributed by atoms with Gasteiger partial charge in [0.15, 0.2) is 0 Å². The number of hydrogen-bond acceptors (Lipinski definition) is 4. The molecule has 0 aliphatic carbocycles. The summed E-state index contributed by atoms with van der Waals surface area (Å²) >= 11 is 0. The van der Waals surface area contributed by atoms with E-state index in [1.165, 1.54) is 0 Å². The van der Waals surface area contributed by atoms with Crippen molar-refractivity contribution in [3.63, 3.8) is 0 Å². The van der Waals surface area contributed by atoms with Gasteiger partial charge < -0.3 is 9.87 Å². The molecule has 0 aromatic carbocycles. The number of carbonyl (C=O) groups is 1. The van der Waals surface area contributed by atoms with Crippen LogP contribution in [0.25, 0.3) is 0 Å². The van der Waals surface area contributed by atoms with E-state index in [2.05, 4.69) is 11.9 Å². The molecular weight excluding hydrogens is 292 g/mol. The van der Waals surface area contributed by atoms with Gasteiger partial charge in [0, 0.05) is 17.9 Å². The van der Waals surface area contributed by atoms with E-state index in [-0.39, 0.29) is 76.6 Å². The van der Waals surface area contributed by atoms with Crippen molar-refractivity contribution in [2.75, 3.05) is 12.3 Å². The summed E-state index contributed by atoms with van der Waals surface area (Å²) in [6.45, 7) is 6.70. The summed E-state index contributed by atoms with van der Waals surface area (Å²) in [6.07, 6.45) is 0. The molecule has 1 atom stereocenters. The fourth-order valence-corrected chi connectivity index (χ4v) is 1.64. The Bertz CT molecular complexity index is 326. The number of carbonyl (C=O) groups excluding carboxylic acids is 1. The Morgan fingerprint density at radius 3 is 2.33 bits per heavy atom. The van der Waals surface area contributed by atoms with Crippen molar-refractivity contribution < 1.29 is 76.0 Å². The molecule has 5 nitrogen and oxygen atoms in total. The van der Waals surface area contributed by atoms with Gasteiger partial charge in [0.2, 0.25) is 5.91 Å².